The lowest BCUT2D eigenvalue weighted by Gasteiger charge is -2.16. The largest absolute Gasteiger partial charge is 0.466 e. The molecule has 0 saturated heterocycles. The molecule has 230 valence electrons. The summed E-state index contributed by atoms with van der Waals surface area (Å²) in [6, 6.07) is 24.1. The predicted octanol–water partition coefficient (Wildman–Crippen LogP) is 8.79. The molecule has 0 spiro atoms. The highest BCUT2D eigenvalue weighted by Gasteiger charge is 2.16. The van der Waals surface area contributed by atoms with Gasteiger partial charge in [-0.15, -0.1) is 0 Å². The number of carbonyl (C=O) groups is 2. The second-order valence-corrected chi connectivity index (χ2v) is 10.6. The molecule has 0 aliphatic heterocycles. The Morgan fingerprint density at radius 2 is 1.27 bits per heavy atom. The summed E-state index contributed by atoms with van der Waals surface area (Å²) in [7, 11) is 1.50. The smallest absolute Gasteiger partial charge is 0.340 e. The van der Waals surface area contributed by atoms with Gasteiger partial charge in [0.05, 0.1) is 18.8 Å². The number of nitrogens with two attached hydrogens (primary N) is 1. The second-order valence-electron chi connectivity index (χ2n) is 10.6. The first-order valence-electron chi connectivity index (χ1n) is 15.6. The van der Waals surface area contributed by atoms with E-state index in [4.69, 9.17) is 9.47 Å². The zero-order valence-corrected chi connectivity index (χ0v) is 26.6. The van der Waals surface area contributed by atoms with Gasteiger partial charge in [-0.2, -0.15) is 0 Å². The number of esters is 2. The molecule has 0 fully saturated rings. The number of hydrogen-bond acceptors (Lipinski definition) is 5. The highest BCUT2D eigenvalue weighted by Crippen LogP contribution is 2.41. The maximum atomic E-state index is 12.4. The number of benzene rings is 5. The molecular formula is C38H44N2O4. The van der Waals surface area contributed by atoms with Gasteiger partial charge in [-0.1, -0.05) is 80.6 Å². The summed E-state index contributed by atoms with van der Waals surface area (Å²) in [6.07, 6.45) is 5.04. The molecule has 0 aliphatic rings. The van der Waals surface area contributed by atoms with E-state index in [0.717, 1.165) is 24.1 Å². The molecule has 0 unspecified atom stereocenters. The first kappa shape index (κ1) is 32.5. The highest BCUT2D eigenvalue weighted by molar-refractivity contribution is 6.33. The fourth-order valence-corrected chi connectivity index (χ4v) is 6.02. The topological polar surface area (TPSA) is 94.4 Å². The van der Waals surface area contributed by atoms with E-state index in [-0.39, 0.29) is 11.9 Å². The Balaban J connectivity index is 0.00000106. The summed E-state index contributed by atoms with van der Waals surface area (Å²) >= 11 is 0. The van der Waals surface area contributed by atoms with Gasteiger partial charge < -0.3 is 20.2 Å². The summed E-state index contributed by atoms with van der Waals surface area (Å²) in [5, 5.41) is 10.3. The fraction of sp³-hybridized carbons (Fsp3) is 0.316. The minimum atomic E-state index is -0.312. The number of aryl methyl sites for hydroxylation is 3. The van der Waals surface area contributed by atoms with Crippen LogP contribution in [0.5, 0.6) is 0 Å². The number of aromatic nitrogens is 1. The number of aromatic amines is 1. The van der Waals surface area contributed by atoms with Gasteiger partial charge in [0.2, 0.25) is 0 Å². The Bertz CT molecular complexity index is 1780. The van der Waals surface area contributed by atoms with Crippen LogP contribution in [0.3, 0.4) is 0 Å². The summed E-state index contributed by atoms with van der Waals surface area (Å²) in [5.74, 6) is -0.493. The van der Waals surface area contributed by atoms with Crippen molar-refractivity contribution in [3.8, 4) is 0 Å². The van der Waals surface area contributed by atoms with Crippen molar-refractivity contribution in [2.75, 3.05) is 20.3 Å². The van der Waals surface area contributed by atoms with E-state index in [2.05, 4.69) is 77.4 Å². The summed E-state index contributed by atoms with van der Waals surface area (Å²) in [6.45, 7) is 8.38. The quantitative estimate of drug-likeness (QED) is 0.0717. The zero-order valence-electron chi connectivity index (χ0n) is 26.6. The Hall–Kier alpha value is -4.42. The van der Waals surface area contributed by atoms with Gasteiger partial charge in [-0.25, -0.2) is 4.79 Å². The van der Waals surface area contributed by atoms with Crippen LogP contribution in [0.2, 0.25) is 0 Å². The van der Waals surface area contributed by atoms with Crippen LogP contribution in [0, 0.1) is 13.8 Å². The third kappa shape index (κ3) is 6.71. The molecule has 0 aliphatic carbocycles. The molecule has 6 nitrogen and oxygen atoms in total. The Kier molecular flexibility index (Phi) is 11.3. The molecule has 0 bridgehead atoms. The van der Waals surface area contributed by atoms with Gasteiger partial charge in [0, 0.05) is 18.3 Å². The molecule has 0 amide bonds. The molecule has 6 rings (SSSR count). The number of ether oxygens (including phenoxy) is 2. The van der Waals surface area contributed by atoms with Gasteiger partial charge in [-0.05, 0) is 101 Å². The van der Waals surface area contributed by atoms with E-state index in [1.165, 1.54) is 55.7 Å². The molecule has 3 N–H and O–H groups in total. The van der Waals surface area contributed by atoms with E-state index in [1.807, 2.05) is 27.7 Å². The molecular weight excluding hydrogens is 548 g/mol. The second kappa shape index (κ2) is 15.3. The van der Waals surface area contributed by atoms with E-state index in [0.29, 0.717) is 38.0 Å². The minimum Gasteiger partial charge on any atom is -0.466 e. The van der Waals surface area contributed by atoms with Crippen molar-refractivity contribution in [2.24, 2.45) is 5.73 Å². The lowest BCUT2D eigenvalue weighted by atomic mass is 9.87. The molecule has 5 aromatic carbocycles. The van der Waals surface area contributed by atoms with Crippen LogP contribution in [0.4, 0.5) is 0 Å². The molecule has 6 aromatic rings. The van der Waals surface area contributed by atoms with E-state index in [9.17, 15) is 9.59 Å². The molecule has 1 heterocycles. The van der Waals surface area contributed by atoms with Gasteiger partial charge >= 0.3 is 11.9 Å². The van der Waals surface area contributed by atoms with Crippen LogP contribution in [0.15, 0.2) is 72.9 Å². The third-order valence-corrected chi connectivity index (χ3v) is 7.96. The van der Waals surface area contributed by atoms with Gasteiger partial charge in [-0.3, -0.25) is 4.79 Å². The molecule has 6 heteroatoms. The van der Waals surface area contributed by atoms with E-state index >= 15 is 0 Å². The maximum absolute atomic E-state index is 12.4. The standard InChI is InChI=1S/C35H33NO4.C2H6.CH5N/c1-22-21-36-23(2)32(22)35(38)40-20-4-3-19-39-31(37)16-7-9-24-17-18-30-28-14-6-11-25-10-5-13-27(33(25)28)29-15-8-12-26(24)34(29)30;2*1-2/h5-6,8,10-15,17-18,21,36H,3-4,7,9,16,19-20H2,1-2H3;1-2H3;2H2,1H3. The number of nitrogens with one attached hydrogen (secondary N) is 1. The Morgan fingerprint density at radius 1 is 0.705 bits per heavy atom. The monoisotopic (exact) mass is 592 g/mol. The maximum Gasteiger partial charge on any atom is 0.340 e. The van der Waals surface area contributed by atoms with E-state index in [1.54, 1.807) is 6.20 Å². The van der Waals surface area contributed by atoms with Crippen molar-refractivity contribution in [3.05, 3.63) is 95.3 Å². The van der Waals surface area contributed by atoms with Crippen LogP contribution >= 0.6 is 0 Å². The predicted molar refractivity (Wildman–Crippen MR) is 183 cm³/mol. The number of hydrogen-bond donors (Lipinski definition) is 2. The number of rotatable bonds is 10. The lowest BCUT2D eigenvalue weighted by molar-refractivity contribution is -0.143. The first-order chi connectivity index (χ1) is 21.5. The Labute approximate surface area is 259 Å². The molecule has 0 radical (unpaired) electrons. The average molecular weight is 593 g/mol. The SMILES string of the molecule is CC.CN.Cc1c[nH]c(C)c1C(=O)OCCCCOC(=O)CCCc1ccc2c3cccc4cccc(c5cccc1c52)c43. The number of H-pyrrole nitrogens is 1. The van der Waals surface area contributed by atoms with Crippen LogP contribution in [0.1, 0.15) is 66.7 Å². The van der Waals surface area contributed by atoms with Crippen molar-refractivity contribution in [1.82, 2.24) is 4.98 Å². The first-order valence-corrected chi connectivity index (χ1v) is 15.6. The lowest BCUT2D eigenvalue weighted by Crippen LogP contribution is -2.10. The van der Waals surface area contributed by atoms with Crippen LogP contribution in [0.25, 0.3) is 43.1 Å². The zero-order chi connectivity index (χ0) is 31.6. The van der Waals surface area contributed by atoms with Crippen molar-refractivity contribution in [2.45, 2.75) is 59.8 Å². The van der Waals surface area contributed by atoms with Crippen molar-refractivity contribution in [1.29, 1.82) is 0 Å². The van der Waals surface area contributed by atoms with Gasteiger partial charge in [0.15, 0.2) is 0 Å². The van der Waals surface area contributed by atoms with Gasteiger partial charge in [0.25, 0.3) is 0 Å². The minimum absolute atomic E-state index is 0.182. The van der Waals surface area contributed by atoms with Crippen LogP contribution in [-0.2, 0) is 20.7 Å². The number of fused-ring (bicyclic) bond motifs is 2. The summed E-state index contributed by atoms with van der Waals surface area (Å²) < 4.78 is 10.8. The molecule has 0 saturated carbocycles. The Morgan fingerprint density at radius 3 is 1.91 bits per heavy atom. The molecule has 0 atom stereocenters. The van der Waals surface area contributed by atoms with E-state index < -0.39 is 0 Å². The number of carbonyl (C=O) groups excluding carboxylic acids is 2. The van der Waals surface area contributed by atoms with Crippen LogP contribution < -0.4 is 5.73 Å². The summed E-state index contributed by atoms with van der Waals surface area (Å²) in [4.78, 5) is 27.6. The van der Waals surface area contributed by atoms with Crippen LogP contribution in [-0.4, -0.2) is 37.2 Å². The van der Waals surface area contributed by atoms with Crippen molar-refractivity contribution in [3.63, 3.8) is 0 Å². The fourth-order valence-electron chi connectivity index (χ4n) is 6.02. The van der Waals surface area contributed by atoms with Crippen molar-refractivity contribution >= 4 is 55.0 Å². The van der Waals surface area contributed by atoms with Gasteiger partial charge in [0.1, 0.15) is 0 Å². The third-order valence-electron chi connectivity index (χ3n) is 7.96. The normalized spacial score (nSPS) is 10.9. The average Bonchev–Trinajstić information content (AvgIpc) is 3.40. The van der Waals surface area contributed by atoms with Crippen molar-refractivity contribution < 1.29 is 19.1 Å². The molecule has 44 heavy (non-hydrogen) atoms. The summed E-state index contributed by atoms with van der Waals surface area (Å²) in [5.41, 5.74) is 8.05. The molecule has 1 aromatic heterocycles. The number of unbranched alkanes of at least 4 members (excludes halogenated alkanes) is 1. The highest BCUT2D eigenvalue weighted by atomic mass is 16.5.